The first-order valence-corrected chi connectivity index (χ1v) is 5.38. The molecule has 15 heavy (non-hydrogen) atoms. The predicted molar refractivity (Wildman–Crippen MR) is 60.3 cm³/mol. The molecule has 0 aromatic carbocycles. The highest BCUT2D eigenvalue weighted by molar-refractivity contribution is 5.36. The van der Waals surface area contributed by atoms with Crippen molar-refractivity contribution in [1.82, 2.24) is 15.0 Å². The zero-order chi connectivity index (χ0) is 10.8. The van der Waals surface area contributed by atoms with E-state index >= 15 is 0 Å². The normalized spacial score (nSPS) is 15.1. The van der Waals surface area contributed by atoms with Gasteiger partial charge in [-0.3, -0.25) is 0 Å². The first kappa shape index (κ1) is 10.1. The monoisotopic (exact) mass is 207 g/mol. The summed E-state index contributed by atoms with van der Waals surface area (Å²) in [6.45, 7) is 2.87. The van der Waals surface area contributed by atoms with E-state index in [4.69, 9.17) is 0 Å². The van der Waals surface area contributed by atoms with E-state index < -0.39 is 0 Å². The SMILES string of the molecule is CCNc1nc(C2CC2)nc(N(C)C)n1. The lowest BCUT2D eigenvalue weighted by Crippen LogP contribution is -2.16. The van der Waals surface area contributed by atoms with Gasteiger partial charge in [0, 0.05) is 26.6 Å². The lowest BCUT2D eigenvalue weighted by atomic mass is 10.4. The number of aromatic nitrogens is 3. The molecule has 1 heterocycles. The third kappa shape index (κ3) is 2.34. The summed E-state index contributed by atoms with van der Waals surface area (Å²) < 4.78 is 0. The van der Waals surface area contributed by atoms with E-state index in [9.17, 15) is 0 Å². The molecule has 1 saturated carbocycles. The highest BCUT2D eigenvalue weighted by atomic mass is 15.3. The van der Waals surface area contributed by atoms with Crippen LogP contribution in [0.3, 0.4) is 0 Å². The Kier molecular flexibility index (Phi) is 2.70. The van der Waals surface area contributed by atoms with Gasteiger partial charge in [0.15, 0.2) is 0 Å². The van der Waals surface area contributed by atoms with Crippen LogP contribution in [-0.2, 0) is 0 Å². The van der Waals surface area contributed by atoms with Crippen LogP contribution in [0.5, 0.6) is 0 Å². The summed E-state index contributed by atoms with van der Waals surface area (Å²) in [6, 6.07) is 0. The molecule has 5 nitrogen and oxygen atoms in total. The van der Waals surface area contributed by atoms with Gasteiger partial charge in [-0.25, -0.2) is 0 Å². The van der Waals surface area contributed by atoms with Gasteiger partial charge in [0.1, 0.15) is 5.82 Å². The lowest BCUT2D eigenvalue weighted by molar-refractivity contribution is 0.859. The van der Waals surface area contributed by atoms with Gasteiger partial charge in [0.05, 0.1) is 0 Å². The molecule has 0 radical (unpaired) electrons. The summed E-state index contributed by atoms with van der Waals surface area (Å²) in [5, 5.41) is 3.14. The Morgan fingerprint density at radius 2 is 2.00 bits per heavy atom. The summed E-state index contributed by atoms with van der Waals surface area (Å²) in [5.74, 6) is 2.93. The molecule has 0 spiro atoms. The van der Waals surface area contributed by atoms with Gasteiger partial charge in [0.2, 0.25) is 11.9 Å². The molecule has 1 aromatic rings. The molecule has 1 aliphatic carbocycles. The lowest BCUT2D eigenvalue weighted by Gasteiger charge is -2.12. The van der Waals surface area contributed by atoms with Gasteiger partial charge in [0.25, 0.3) is 0 Å². The van der Waals surface area contributed by atoms with Gasteiger partial charge >= 0.3 is 0 Å². The van der Waals surface area contributed by atoms with E-state index in [1.807, 2.05) is 25.9 Å². The van der Waals surface area contributed by atoms with Crippen molar-refractivity contribution in [2.24, 2.45) is 0 Å². The molecule has 5 heteroatoms. The zero-order valence-electron chi connectivity index (χ0n) is 9.49. The zero-order valence-corrected chi connectivity index (χ0v) is 9.49. The van der Waals surface area contributed by atoms with E-state index in [0.717, 1.165) is 18.3 Å². The van der Waals surface area contributed by atoms with Crippen LogP contribution in [0.1, 0.15) is 31.5 Å². The molecule has 1 N–H and O–H groups in total. The molecule has 1 aliphatic rings. The molecule has 82 valence electrons. The minimum Gasteiger partial charge on any atom is -0.354 e. The van der Waals surface area contributed by atoms with Crippen LogP contribution in [0.4, 0.5) is 11.9 Å². The van der Waals surface area contributed by atoms with Crippen molar-refractivity contribution < 1.29 is 0 Å². The summed E-state index contributed by atoms with van der Waals surface area (Å²) in [6.07, 6.45) is 2.42. The number of nitrogens with one attached hydrogen (secondary N) is 1. The average Bonchev–Trinajstić information content (AvgIpc) is 3.01. The van der Waals surface area contributed by atoms with E-state index in [0.29, 0.717) is 11.9 Å². The smallest absolute Gasteiger partial charge is 0.229 e. The summed E-state index contributed by atoms with van der Waals surface area (Å²) in [5.41, 5.74) is 0. The van der Waals surface area contributed by atoms with Gasteiger partial charge in [-0.15, -0.1) is 0 Å². The number of anilines is 2. The fourth-order valence-electron chi connectivity index (χ4n) is 1.34. The van der Waals surface area contributed by atoms with Gasteiger partial charge < -0.3 is 10.2 Å². The van der Waals surface area contributed by atoms with Crippen LogP contribution in [0.2, 0.25) is 0 Å². The second kappa shape index (κ2) is 4.00. The van der Waals surface area contributed by atoms with Crippen LogP contribution in [-0.4, -0.2) is 35.6 Å². The van der Waals surface area contributed by atoms with E-state index in [-0.39, 0.29) is 0 Å². The average molecular weight is 207 g/mol. The first-order valence-electron chi connectivity index (χ1n) is 5.38. The van der Waals surface area contributed by atoms with Crippen LogP contribution < -0.4 is 10.2 Å². The van der Waals surface area contributed by atoms with Crippen molar-refractivity contribution in [2.45, 2.75) is 25.7 Å². The molecule has 0 unspecified atom stereocenters. The molecule has 2 rings (SSSR count). The number of nitrogens with zero attached hydrogens (tertiary/aromatic N) is 4. The fraction of sp³-hybridized carbons (Fsp3) is 0.700. The van der Waals surface area contributed by atoms with Crippen molar-refractivity contribution in [2.75, 3.05) is 30.9 Å². The maximum atomic E-state index is 4.44. The van der Waals surface area contributed by atoms with Crippen molar-refractivity contribution >= 4 is 11.9 Å². The van der Waals surface area contributed by atoms with Crippen LogP contribution >= 0.6 is 0 Å². The highest BCUT2D eigenvalue weighted by Gasteiger charge is 2.27. The molecule has 0 amide bonds. The minimum absolute atomic E-state index is 0.559. The standard InChI is InChI=1S/C10H17N5/c1-4-11-9-12-8(7-5-6-7)13-10(14-9)15(2)3/h7H,4-6H2,1-3H3,(H,11,12,13,14). The Hall–Kier alpha value is -1.39. The molecule has 0 saturated heterocycles. The highest BCUT2D eigenvalue weighted by Crippen LogP contribution is 2.38. The first-order chi connectivity index (χ1) is 7.20. The van der Waals surface area contributed by atoms with Crippen molar-refractivity contribution in [1.29, 1.82) is 0 Å². The quantitative estimate of drug-likeness (QED) is 0.805. The molecule has 1 aromatic heterocycles. The molecule has 1 fully saturated rings. The second-order valence-corrected chi connectivity index (χ2v) is 4.02. The Labute approximate surface area is 89.9 Å². The van der Waals surface area contributed by atoms with Crippen LogP contribution in [0, 0.1) is 0 Å². The van der Waals surface area contributed by atoms with E-state index in [2.05, 4.69) is 20.3 Å². The predicted octanol–water partition coefficient (Wildman–Crippen LogP) is 1.25. The number of hydrogen-bond acceptors (Lipinski definition) is 5. The molecule has 0 atom stereocenters. The van der Waals surface area contributed by atoms with E-state index in [1.165, 1.54) is 12.8 Å². The van der Waals surface area contributed by atoms with Gasteiger partial charge in [-0.2, -0.15) is 15.0 Å². The third-order valence-corrected chi connectivity index (χ3v) is 2.32. The fourth-order valence-corrected chi connectivity index (χ4v) is 1.34. The van der Waals surface area contributed by atoms with Crippen molar-refractivity contribution in [3.63, 3.8) is 0 Å². The third-order valence-electron chi connectivity index (χ3n) is 2.32. The molecule has 0 bridgehead atoms. The summed E-state index contributed by atoms with van der Waals surface area (Å²) in [4.78, 5) is 15.1. The van der Waals surface area contributed by atoms with Gasteiger partial charge in [-0.1, -0.05) is 0 Å². The number of rotatable bonds is 4. The topological polar surface area (TPSA) is 53.9 Å². The van der Waals surface area contributed by atoms with E-state index in [1.54, 1.807) is 0 Å². The molecular weight excluding hydrogens is 190 g/mol. The molecule has 0 aliphatic heterocycles. The van der Waals surface area contributed by atoms with Crippen LogP contribution in [0.25, 0.3) is 0 Å². The van der Waals surface area contributed by atoms with Crippen molar-refractivity contribution in [3.05, 3.63) is 5.82 Å². The maximum absolute atomic E-state index is 4.44. The largest absolute Gasteiger partial charge is 0.354 e. The minimum atomic E-state index is 0.559. The summed E-state index contributed by atoms with van der Waals surface area (Å²) >= 11 is 0. The Morgan fingerprint density at radius 1 is 1.27 bits per heavy atom. The Balaban J connectivity index is 2.30. The summed E-state index contributed by atoms with van der Waals surface area (Å²) in [7, 11) is 3.89. The maximum Gasteiger partial charge on any atom is 0.229 e. The number of hydrogen-bond donors (Lipinski definition) is 1. The molecular formula is C10H17N5. The van der Waals surface area contributed by atoms with Gasteiger partial charge in [-0.05, 0) is 19.8 Å². The second-order valence-electron chi connectivity index (χ2n) is 4.02. The van der Waals surface area contributed by atoms with Crippen molar-refractivity contribution in [3.8, 4) is 0 Å². The Bertz CT molecular complexity index is 325. The van der Waals surface area contributed by atoms with Crippen LogP contribution in [0.15, 0.2) is 0 Å². The Morgan fingerprint density at radius 3 is 2.53 bits per heavy atom.